The number of carbonyl (C=O) groups is 2. The van der Waals surface area contributed by atoms with E-state index < -0.39 is 5.97 Å². The topological polar surface area (TPSA) is 66.8 Å². The number of carboxylic acid groups (broad SMARTS) is 1. The fraction of sp³-hybridized carbons (Fsp3) is 0.105. The van der Waals surface area contributed by atoms with E-state index in [1.165, 1.54) is 16.7 Å². The summed E-state index contributed by atoms with van der Waals surface area (Å²) in [4.78, 5) is 24.9. The number of thioether (sulfide) groups is 1. The zero-order valence-electron chi connectivity index (χ0n) is 13.6. The largest absolute Gasteiger partial charge is 0.481 e. The summed E-state index contributed by atoms with van der Waals surface area (Å²) >= 11 is 6.36. The molecule has 5 nitrogen and oxygen atoms in total. The second-order valence-corrected chi connectivity index (χ2v) is 7.14. The van der Waals surface area contributed by atoms with Crippen molar-refractivity contribution < 1.29 is 19.4 Å². The molecule has 2 aromatic rings. The maximum Gasteiger partial charge on any atom is 0.305 e. The van der Waals surface area contributed by atoms with Crippen molar-refractivity contribution in [3.8, 4) is 11.5 Å². The van der Waals surface area contributed by atoms with Crippen LogP contribution in [0, 0.1) is 0 Å². The van der Waals surface area contributed by atoms with Crippen LogP contribution in [0.4, 0.5) is 0 Å². The number of amides is 1. The summed E-state index contributed by atoms with van der Waals surface area (Å²) in [7, 11) is 0. The fourth-order valence-electron chi connectivity index (χ4n) is 2.34. The van der Waals surface area contributed by atoms with Crippen LogP contribution in [-0.2, 0) is 9.59 Å². The lowest BCUT2D eigenvalue weighted by Crippen LogP contribution is -2.30. The highest BCUT2D eigenvalue weighted by molar-refractivity contribution is 8.26. The minimum absolute atomic E-state index is 0.0779. The van der Waals surface area contributed by atoms with Gasteiger partial charge in [0.2, 0.25) is 0 Å². The van der Waals surface area contributed by atoms with Gasteiger partial charge in [0, 0.05) is 6.54 Å². The number of hydrogen-bond donors (Lipinski definition) is 1. The molecule has 1 amide bonds. The first-order valence-corrected chi connectivity index (χ1v) is 9.05. The Kier molecular flexibility index (Phi) is 5.70. The van der Waals surface area contributed by atoms with Gasteiger partial charge < -0.3 is 9.84 Å². The highest BCUT2D eigenvalue weighted by Crippen LogP contribution is 2.33. The molecule has 3 rings (SSSR count). The number of para-hydroxylation sites is 1. The maximum atomic E-state index is 12.4. The van der Waals surface area contributed by atoms with Crippen LogP contribution in [-0.4, -0.2) is 32.7 Å². The Morgan fingerprint density at radius 2 is 1.88 bits per heavy atom. The first kappa shape index (κ1) is 18.2. The minimum Gasteiger partial charge on any atom is -0.481 e. The number of hydrogen-bond acceptors (Lipinski definition) is 5. The molecule has 0 bridgehead atoms. The predicted octanol–water partition coefficient (Wildman–Crippen LogP) is 4.15. The Bertz CT molecular complexity index is 880. The third-order valence-corrected chi connectivity index (χ3v) is 4.94. The standard InChI is InChI=1S/C19H15NO4S2/c21-17(22)9-10-20-18(23)16(26-19(20)25)12-13-5-4-8-15(11-13)24-14-6-2-1-3-7-14/h1-8,11-12H,9-10H2,(H,21,22)/b16-12-. The number of ether oxygens (including phenoxy) is 1. The smallest absolute Gasteiger partial charge is 0.305 e. The van der Waals surface area contributed by atoms with Crippen LogP contribution in [0.5, 0.6) is 11.5 Å². The van der Waals surface area contributed by atoms with Crippen molar-refractivity contribution in [2.75, 3.05) is 6.54 Å². The van der Waals surface area contributed by atoms with E-state index in [1.807, 2.05) is 54.6 Å². The summed E-state index contributed by atoms with van der Waals surface area (Å²) < 4.78 is 6.17. The van der Waals surface area contributed by atoms with Crippen LogP contribution in [0.2, 0.25) is 0 Å². The summed E-state index contributed by atoms with van der Waals surface area (Å²) in [5.74, 6) is 0.153. The molecule has 1 aliphatic heterocycles. The summed E-state index contributed by atoms with van der Waals surface area (Å²) in [6, 6.07) is 16.8. The Morgan fingerprint density at radius 1 is 1.15 bits per heavy atom. The molecule has 0 aromatic heterocycles. The molecule has 0 spiro atoms. The van der Waals surface area contributed by atoms with Crippen molar-refractivity contribution in [1.29, 1.82) is 0 Å². The van der Waals surface area contributed by atoms with Gasteiger partial charge in [-0.2, -0.15) is 0 Å². The monoisotopic (exact) mass is 385 g/mol. The number of benzene rings is 2. The van der Waals surface area contributed by atoms with E-state index in [2.05, 4.69) is 0 Å². The van der Waals surface area contributed by atoms with E-state index in [1.54, 1.807) is 6.08 Å². The van der Waals surface area contributed by atoms with Crippen molar-refractivity contribution in [3.05, 3.63) is 65.1 Å². The lowest BCUT2D eigenvalue weighted by molar-refractivity contribution is -0.137. The van der Waals surface area contributed by atoms with Gasteiger partial charge in [0.25, 0.3) is 5.91 Å². The molecule has 0 aliphatic carbocycles. The van der Waals surface area contributed by atoms with E-state index in [9.17, 15) is 9.59 Å². The molecule has 7 heteroatoms. The number of thiocarbonyl (C=S) groups is 1. The van der Waals surface area contributed by atoms with Crippen LogP contribution in [0.1, 0.15) is 12.0 Å². The lowest BCUT2D eigenvalue weighted by Gasteiger charge is -2.12. The first-order valence-electron chi connectivity index (χ1n) is 7.83. The van der Waals surface area contributed by atoms with E-state index >= 15 is 0 Å². The molecule has 132 valence electrons. The van der Waals surface area contributed by atoms with Crippen molar-refractivity contribution in [1.82, 2.24) is 4.90 Å². The Balaban J connectivity index is 1.75. The zero-order valence-corrected chi connectivity index (χ0v) is 15.3. The van der Waals surface area contributed by atoms with E-state index in [4.69, 9.17) is 22.1 Å². The molecule has 26 heavy (non-hydrogen) atoms. The molecular formula is C19H15NO4S2. The third kappa shape index (κ3) is 4.50. The molecule has 1 aliphatic rings. The molecule has 1 N–H and O–H groups in total. The lowest BCUT2D eigenvalue weighted by atomic mass is 10.2. The molecule has 1 heterocycles. The van der Waals surface area contributed by atoms with Gasteiger partial charge in [-0.3, -0.25) is 14.5 Å². The van der Waals surface area contributed by atoms with Crippen molar-refractivity contribution in [2.24, 2.45) is 0 Å². The van der Waals surface area contributed by atoms with Crippen molar-refractivity contribution in [3.63, 3.8) is 0 Å². The van der Waals surface area contributed by atoms with Gasteiger partial charge >= 0.3 is 5.97 Å². The number of rotatable bonds is 6. The highest BCUT2D eigenvalue weighted by atomic mass is 32.2. The number of carboxylic acids is 1. The quantitative estimate of drug-likeness (QED) is 0.595. The van der Waals surface area contributed by atoms with E-state index in [0.717, 1.165) is 11.3 Å². The van der Waals surface area contributed by atoms with Crippen LogP contribution in [0.15, 0.2) is 59.5 Å². The van der Waals surface area contributed by atoms with Gasteiger partial charge in [0.1, 0.15) is 15.8 Å². The van der Waals surface area contributed by atoms with Crippen LogP contribution in [0.3, 0.4) is 0 Å². The minimum atomic E-state index is -0.964. The molecular weight excluding hydrogens is 370 g/mol. The Hall–Kier alpha value is -2.64. The number of nitrogens with zero attached hydrogens (tertiary/aromatic N) is 1. The van der Waals surface area contributed by atoms with Crippen molar-refractivity contribution >= 4 is 46.3 Å². The molecule has 1 fully saturated rings. The van der Waals surface area contributed by atoms with Crippen LogP contribution < -0.4 is 4.74 Å². The average Bonchev–Trinajstić information content (AvgIpc) is 2.87. The van der Waals surface area contributed by atoms with Crippen molar-refractivity contribution in [2.45, 2.75) is 6.42 Å². The SMILES string of the molecule is O=C(O)CCN1C(=O)/C(=C/c2cccc(Oc3ccccc3)c2)SC1=S. The van der Waals surface area contributed by atoms with Crippen LogP contribution >= 0.6 is 24.0 Å². The highest BCUT2D eigenvalue weighted by Gasteiger charge is 2.32. The normalized spacial score (nSPS) is 15.5. The Labute approximate surface area is 160 Å². The average molecular weight is 385 g/mol. The molecule has 0 radical (unpaired) electrons. The molecule has 0 saturated carbocycles. The molecule has 0 atom stereocenters. The third-order valence-electron chi connectivity index (χ3n) is 3.56. The number of carbonyl (C=O) groups excluding carboxylic acids is 1. The first-order chi connectivity index (χ1) is 12.5. The number of aliphatic carboxylic acids is 1. The van der Waals surface area contributed by atoms with Gasteiger partial charge in [0.15, 0.2) is 0 Å². The van der Waals surface area contributed by atoms with Gasteiger partial charge in [-0.1, -0.05) is 54.3 Å². The van der Waals surface area contributed by atoms with Crippen LogP contribution in [0.25, 0.3) is 6.08 Å². The Morgan fingerprint density at radius 3 is 2.62 bits per heavy atom. The van der Waals surface area contributed by atoms with E-state index in [0.29, 0.717) is 15.0 Å². The maximum absolute atomic E-state index is 12.4. The molecule has 1 saturated heterocycles. The molecule has 0 unspecified atom stereocenters. The van der Waals surface area contributed by atoms with Gasteiger partial charge in [-0.05, 0) is 35.9 Å². The second-order valence-electron chi connectivity index (χ2n) is 5.46. The summed E-state index contributed by atoms with van der Waals surface area (Å²) in [5, 5.41) is 8.78. The zero-order chi connectivity index (χ0) is 18.5. The summed E-state index contributed by atoms with van der Waals surface area (Å²) in [5.41, 5.74) is 0.803. The van der Waals surface area contributed by atoms with E-state index in [-0.39, 0.29) is 18.9 Å². The summed E-state index contributed by atoms with van der Waals surface area (Å²) in [6.45, 7) is 0.0779. The van der Waals surface area contributed by atoms with Gasteiger partial charge in [-0.25, -0.2) is 0 Å². The summed E-state index contributed by atoms with van der Waals surface area (Å²) in [6.07, 6.45) is 1.60. The van der Waals surface area contributed by atoms with Gasteiger partial charge in [-0.15, -0.1) is 0 Å². The molecule has 2 aromatic carbocycles. The fourth-order valence-corrected chi connectivity index (χ4v) is 3.65. The predicted molar refractivity (Wildman–Crippen MR) is 105 cm³/mol. The van der Waals surface area contributed by atoms with Gasteiger partial charge in [0.05, 0.1) is 11.3 Å². The second kappa shape index (κ2) is 8.16.